The van der Waals surface area contributed by atoms with Crippen molar-refractivity contribution in [1.82, 2.24) is 0 Å². The Morgan fingerprint density at radius 3 is 1.91 bits per heavy atom. The molecule has 5 aromatic carbocycles. The van der Waals surface area contributed by atoms with Gasteiger partial charge in [0.1, 0.15) is 5.75 Å². The molecule has 0 N–H and O–H groups in total. The van der Waals surface area contributed by atoms with Crippen molar-refractivity contribution in [3.8, 4) is 5.75 Å². The maximum absolute atomic E-state index is 5.76. The van der Waals surface area contributed by atoms with Gasteiger partial charge in [-0.3, -0.25) is 0 Å². The van der Waals surface area contributed by atoms with E-state index in [-0.39, 0.29) is 10.8 Å². The molecule has 3 aliphatic rings. The highest BCUT2D eigenvalue weighted by Gasteiger charge is 2.45. The highest BCUT2D eigenvalue weighted by molar-refractivity contribution is 8.04. The van der Waals surface area contributed by atoms with E-state index in [0.717, 1.165) is 51.1 Å². The number of methoxy groups -OCH3 is 3. The molecule has 330 valence electrons. The van der Waals surface area contributed by atoms with Gasteiger partial charge in [-0.2, -0.15) is 4.58 Å². The Hall–Kier alpha value is -5.40. The summed E-state index contributed by atoms with van der Waals surface area (Å²) in [5, 5.41) is 0. The topological polar surface area (TPSA) is 33.9 Å². The predicted octanol–water partition coefficient (Wildman–Crippen LogP) is 13.4. The molecule has 64 heavy (non-hydrogen) atoms. The average molecular weight is 870 g/mol. The molecule has 1 aliphatic carbocycles. The molecular weight excluding hydrogens is 805 g/mol. The van der Waals surface area contributed by atoms with Crippen LogP contribution in [0.15, 0.2) is 173 Å². The van der Waals surface area contributed by atoms with Gasteiger partial charge in [-0.15, -0.1) is 11.8 Å². The number of fused-ring (bicyclic) bond motifs is 2. The number of rotatable bonds is 17. The van der Waals surface area contributed by atoms with Gasteiger partial charge in [-0.25, -0.2) is 0 Å². The Balaban J connectivity index is 1.33. The third-order valence-corrected chi connectivity index (χ3v) is 15.3. The summed E-state index contributed by atoms with van der Waals surface area (Å²) < 4.78 is 18.9. The van der Waals surface area contributed by atoms with E-state index in [1.54, 1.807) is 21.3 Å². The summed E-state index contributed by atoms with van der Waals surface area (Å²) in [6.45, 7) is 14.9. The normalized spacial score (nSPS) is 17.9. The number of nitrogens with zero attached hydrogens (tertiary/aromatic N) is 2. The standard InChI is InChI=1S/C58H65N2O3S/c1-42-26-32-51-49(40-42)56(2,3)53(59(51)36-18-38-61-6)34-29-43-27-28-44(30-35-54-57(4,5)50-41-48(63-8)31-33-52(50)60(54)37-19-39-62-7)55(43)64-58(45-20-12-9-13-21-45,46-22-14-10-15-23-46)47-24-16-11-17-25-47/h9-17,20-26,29-35,40-41H,18-19,27-28,36-39H2,1-8H3/q+1. The van der Waals surface area contributed by atoms with Gasteiger partial charge in [0.2, 0.25) is 5.69 Å². The molecular formula is C58H65N2O3S+. The number of thioether (sulfide) groups is 1. The summed E-state index contributed by atoms with van der Waals surface area (Å²) in [6, 6.07) is 46.8. The zero-order valence-corrected chi connectivity index (χ0v) is 39.9. The highest BCUT2D eigenvalue weighted by atomic mass is 32.2. The minimum absolute atomic E-state index is 0.166. The quantitative estimate of drug-likeness (QED) is 0.0528. The lowest BCUT2D eigenvalue weighted by molar-refractivity contribution is -0.438. The van der Waals surface area contributed by atoms with Crippen LogP contribution in [0.4, 0.5) is 11.4 Å². The Kier molecular flexibility index (Phi) is 13.7. The van der Waals surface area contributed by atoms with Gasteiger partial charge < -0.3 is 19.1 Å². The van der Waals surface area contributed by atoms with Crippen molar-refractivity contribution >= 4 is 28.8 Å². The van der Waals surface area contributed by atoms with Crippen molar-refractivity contribution in [3.63, 3.8) is 0 Å². The molecule has 0 unspecified atom stereocenters. The summed E-state index contributed by atoms with van der Waals surface area (Å²) in [7, 11) is 5.34. The van der Waals surface area contributed by atoms with Crippen LogP contribution in [0.5, 0.6) is 5.75 Å². The van der Waals surface area contributed by atoms with Crippen LogP contribution < -0.4 is 9.64 Å². The Morgan fingerprint density at radius 1 is 0.672 bits per heavy atom. The zero-order valence-electron chi connectivity index (χ0n) is 39.1. The van der Waals surface area contributed by atoms with Crippen molar-refractivity contribution < 1.29 is 18.8 Å². The fraction of sp³-hybridized carbons (Fsp3) is 0.328. The van der Waals surface area contributed by atoms with E-state index in [4.69, 9.17) is 14.2 Å². The van der Waals surface area contributed by atoms with E-state index < -0.39 is 4.75 Å². The van der Waals surface area contributed by atoms with Crippen LogP contribution in [-0.2, 0) is 25.1 Å². The van der Waals surface area contributed by atoms with Gasteiger partial charge in [0, 0.05) is 73.2 Å². The second-order valence-electron chi connectivity index (χ2n) is 18.3. The van der Waals surface area contributed by atoms with E-state index >= 15 is 0 Å². The molecule has 5 nitrogen and oxygen atoms in total. The van der Waals surface area contributed by atoms with Gasteiger partial charge in [0.15, 0.2) is 12.3 Å². The lowest BCUT2D eigenvalue weighted by Gasteiger charge is -2.36. The molecule has 0 spiro atoms. The van der Waals surface area contributed by atoms with Gasteiger partial charge in [0.05, 0.1) is 23.9 Å². The van der Waals surface area contributed by atoms with Gasteiger partial charge in [-0.1, -0.05) is 135 Å². The third kappa shape index (κ3) is 8.60. The first kappa shape index (κ1) is 45.2. The summed E-state index contributed by atoms with van der Waals surface area (Å²) >= 11 is 2.00. The summed E-state index contributed by atoms with van der Waals surface area (Å²) in [6.07, 6.45) is 13.5. The average Bonchev–Trinajstić information content (AvgIpc) is 3.87. The first-order chi connectivity index (χ1) is 31.0. The lowest BCUT2D eigenvalue weighted by Crippen LogP contribution is -2.28. The molecule has 0 aromatic heterocycles. The molecule has 0 radical (unpaired) electrons. The second-order valence-corrected chi connectivity index (χ2v) is 19.6. The van der Waals surface area contributed by atoms with Gasteiger partial charge in [0.25, 0.3) is 0 Å². The van der Waals surface area contributed by atoms with Crippen LogP contribution in [0.25, 0.3) is 0 Å². The van der Waals surface area contributed by atoms with Crippen LogP contribution in [0.2, 0.25) is 0 Å². The van der Waals surface area contributed by atoms with E-state index in [2.05, 4.69) is 196 Å². The molecule has 2 heterocycles. The minimum Gasteiger partial charge on any atom is -0.497 e. The number of benzene rings is 5. The van der Waals surface area contributed by atoms with Gasteiger partial charge >= 0.3 is 0 Å². The van der Waals surface area contributed by atoms with Crippen LogP contribution in [0.1, 0.15) is 86.8 Å². The molecule has 0 saturated heterocycles. The molecule has 0 atom stereocenters. The molecule has 0 amide bonds. The number of ether oxygens (including phenoxy) is 3. The minimum atomic E-state index is -0.528. The van der Waals surface area contributed by atoms with Crippen LogP contribution in [0, 0.1) is 6.92 Å². The van der Waals surface area contributed by atoms with E-state index in [1.165, 1.54) is 72.2 Å². The summed E-state index contributed by atoms with van der Waals surface area (Å²) in [4.78, 5) is 3.88. The highest BCUT2D eigenvalue weighted by Crippen LogP contribution is 2.56. The zero-order chi connectivity index (χ0) is 44.9. The molecule has 8 rings (SSSR count). The van der Waals surface area contributed by atoms with Crippen molar-refractivity contribution in [2.75, 3.05) is 52.5 Å². The van der Waals surface area contributed by atoms with Crippen molar-refractivity contribution in [3.05, 3.63) is 207 Å². The Morgan fingerprint density at radius 2 is 1.30 bits per heavy atom. The maximum atomic E-state index is 5.76. The summed E-state index contributed by atoms with van der Waals surface area (Å²) in [5.74, 6) is 0.884. The molecule has 5 aromatic rings. The predicted molar refractivity (Wildman–Crippen MR) is 269 cm³/mol. The third-order valence-electron chi connectivity index (χ3n) is 13.5. The van der Waals surface area contributed by atoms with E-state index in [1.807, 2.05) is 11.8 Å². The molecule has 6 heteroatoms. The maximum Gasteiger partial charge on any atom is 0.210 e. The Labute approximate surface area is 386 Å². The Bertz CT molecular complexity index is 2510. The van der Waals surface area contributed by atoms with Gasteiger partial charge in [-0.05, 0) is 97.7 Å². The number of aryl methyl sites for hydroxylation is 1. The monoisotopic (exact) mass is 869 g/mol. The SMILES string of the molecule is COCCCN1/C(=C/C=C2\CCC(/C=C/C3=[N+](CCCOC)c4ccc(OC)cc4C3(C)C)=C2SC(c2ccccc2)(c2ccccc2)c2ccccc2)C(C)(C)c2cc(C)ccc21. The van der Waals surface area contributed by atoms with Crippen molar-refractivity contribution in [2.45, 2.75) is 75.9 Å². The fourth-order valence-electron chi connectivity index (χ4n) is 10.1. The molecule has 0 saturated carbocycles. The number of hydrogen-bond donors (Lipinski definition) is 0. The molecule has 0 bridgehead atoms. The fourth-order valence-corrected chi connectivity index (χ4v) is 11.8. The lowest BCUT2D eigenvalue weighted by atomic mass is 9.81. The number of hydrogen-bond acceptors (Lipinski definition) is 5. The van der Waals surface area contributed by atoms with Crippen LogP contribution in [0.3, 0.4) is 0 Å². The molecule has 0 fully saturated rings. The largest absolute Gasteiger partial charge is 0.497 e. The van der Waals surface area contributed by atoms with Crippen LogP contribution in [-0.4, -0.2) is 57.9 Å². The first-order valence-corrected chi connectivity index (χ1v) is 23.7. The molecule has 2 aliphatic heterocycles. The smallest absolute Gasteiger partial charge is 0.210 e. The van der Waals surface area contributed by atoms with Crippen molar-refractivity contribution in [2.24, 2.45) is 0 Å². The van der Waals surface area contributed by atoms with E-state index in [0.29, 0.717) is 6.61 Å². The number of anilines is 1. The number of allylic oxidation sites excluding steroid dienone is 7. The first-order valence-electron chi connectivity index (χ1n) is 22.9. The summed E-state index contributed by atoms with van der Waals surface area (Å²) in [5.41, 5.74) is 15.2. The van der Waals surface area contributed by atoms with Crippen LogP contribution >= 0.6 is 11.8 Å². The van der Waals surface area contributed by atoms with E-state index in [9.17, 15) is 0 Å². The van der Waals surface area contributed by atoms with Crippen molar-refractivity contribution in [1.29, 1.82) is 0 Å². The second kappa shape index (κ2) is 19.4.